The van der Waals surface area contributed by atoms with Gasteiger partial charge in [-0.2, -0.15) is 0 Å². The molecule has 3 N–H and O–H groups in total. The zero-order valence-electron chi connectivity index (χ0n) is 13.8. The number of nitro groups is 1. The van der Waals surface area contributed by atoms with E-state index in [1.807, 2.05) is 0 Å². The maximum Gasteiger partial charge on any atom is 0.420 e. The summed E-state index contributed by atoms with van der Waals surface area (Å²) in [4.78, 5) is 46.2. The Morgan fingerprint density at radius 1 is 1.22 bits per heavy atom. The molecule has 1 atom stereocenters. The molecule has 3 aromatic rings. The standard InChI is InChI=1S/C17H14N4O6/c18-16(23)15(10-4-2-1-3-5-10)19-14(22)9-20-12-7-6-11(21(25)26)8-13(12)27-17(20)24/h1-8,15H,9H2,(H2,18,23)(H,19,22). The van der Waals surface area contributed by atoms with Crippen molar-refractivity contribution in [1.82, 2.24) is 9.88 Å². The minimum Gasteiger partial charge on any atom is -0.407 e. The molecule has 1 heterocycles. The molecule has 1 unspecified atom stereocenters. The number of benzene rings is 2. The highest BCUT2D eigenvalue weighted by molar-refractivity contribution is 5.88. The van der Waals surface area contributed by atoms with Gasteiger partial charge >= 0.3 is 5.76 Å². The topological polar surface area (TPSA) is 150 Å². The Hall–Kier alpha value is -3.95. The van der Waals surface area contributed by atoms with E-state index in [2.05, 4.69) is 5.32 Å². The normalized spacial score (nSPS) is 11.9. The first kappa shape index (κ1) is 17.9. The van der Waals surface area contributed by atoms with E-state index in [0.29, 0.717) is 5.56 Å². The van der Waals surface area contributed by atoms with Gasteiger partial charge in [-0.25, -0.2) is 4.79 Å². The average Bonchev–Trinajstić information content (AvgIpc) is 2.94. The van der Waals surface area contributed by atoms with Gasteiger partial charge in [0, 0.05) is 6.07 Å². The predicted octanol–water partition coefficient (Wildman–Crippen LogP) is 0.845. The predicted molar refractivity (Wildman–Crippen MR) is 93.6 cm³/mol. The van der Waals surface area contributed by atoms with Crippen LogP contribution in [0.5, 0.6) is 0 Å². The number of fused-ring (bicyclic) bond motifs is 1. The molecule has 0 fully saturated rings. The number of nitrogens with zero attached hydrogens (tertiary/aromatic N) is 2. The monoisotopic (exact) mass is 370 g/mol. The SMILES string of the molecule is NC(=O)C(NC(=O)Cn1c(=O)oc2cc([N+](=O)[O-])ccc21)c1ccccc1. The Morgan fingerprint density at radius 3 is 2.56 bits per heavy atom. The molecular weight excluding hydrogens is 356 g/mol. The fourth-order valence-corrected chi connectivity index (χ4v) is 2.63. The molecule has 138 valence electrons. The molecule has 2 aromatic carbocycles. The Morgan fingerprint density at radius 2 is 1.93 bits per heavy atom. The van der Waals surface area contributed by atoms with Crippen molar-refractivity contribution in [3.05, 3.63) is 74.8 Å². The lowest BCUT2D eigenvalue weighted by Crippen LogP contribution is -2.40. The van der Waals surface area contributed by atoms with E-state index in [9.17, 15) is 24.5 Å². The summed E-state index contributed by atoms with van der Waals surface area (Å²) < 4.78 is 5.97. The van der Waals surface area contributed by atoms with E-state index >= 15 is 0 Å². The van der Waals surface area contributed by atoms with Crippen LogP contribution in [0.2, 0.25) is 0 Å². The number of primary amides is 1. The van der Waals surface area contributed by atoms with Crippen LogP contribution in [0.4, 0.5) is 5.69 Å². The number of hydrogen-bond donors (Lipinski definition) is 2. The smallest absolute Gasteiger partial charge is 0.407 e. The average molecular weight is 370 g/mol. The van der Waals surface area contributed by atoms with Gasteiger partial charge in [0.15, 0.2) is 5.58 Å². The number of non-ortho nitro benzene ring substituents is 1. The lowest BCUT2D eigenvalue weighted by molar-refractivity contribution is -0.384. The van der Waals surface area contributed by atoms with Crippen LogP contribution in [0.25, 0.3) is 11.1 Å². The second-order valence-corrected chi connectivity index (χ2v) is 5.68. The first-order valence-electron chi connectivity index (χ1n) is 7.78. The van der Waals surface area contributed by atoms with Crippen molar-refractivity contribution in [2.45, 2.75) is 12.6 Å². The summed E-state index contributed by atoms with van der Waals surface area (Å²) in [6.07, 6.45) is 0. The van der Waals surface area contributed by atoms with Crippen molar-refractivity contribution < 1.29 is 18.9 Å². The van der Waals surface area contributed by atoms with Crippen LogP contribution >= 0.6 is 0 Å². The van der Waals surface area contributed by atoms with Gasteiger partial charge in [-0.1, -0.05) is 30.3 Å². The van der Waals surface area contributed by atoms with Crippen molar-refractivity contribution in [2.24, 2.45) is 5.73 Å². The zero-order chi connectivity index (χ0) is 19.6. The van der Waals surface area contributed by atoms with Gasteiger partial charge < -0.3 is 15.5 Å². The molecule has 0 spiro atoms. The molecule has 0 radical (unpaired) electrons. The Labute approximate surface area is 151 Å². The number of nitro benzene ring substituents is 1. The second-order valence-electron chi connectivity index (χ2n) is 5.68. The van der Waals surface area contributed by atoms with Gasteiger partial charge in [-0.05, 0) is 11.6 Å². The van der Waals surface area contributed by atoms with Crippen molar-refractivity contribution in [2.75, 3.05) is 0 Å². The van der Waals surface area contributed by atoms with Crippen LogP contribution in [-0.4, -0.2) is 21.3 Å². The third kappa shape index (κ3) is 3.68. The van der Waals surface area contributed by atoms with Crippen LogP contribution in [0.3, 0.4) is 0 Å². The molecule has 1 aromatic heterocycles. The van der Waals surface area contributed by atoms with Gasteiger partial charge in [0.1, 0.15) is 12.6 Å². The second kappa shape index (κ2) is 7.12. The number of nitrogens with two attached hydrogens (primary N) is 1. The summed E-state index contributed by atoms with van der Waals surface area (Å²) in [6, 6.07) is 10.9. The van der Waals surface area contributed by atoms with E-state index in [0.717, 1.165) is 10.6 Å². The Bertz CT molecular complexity index is 1090. The maximum absolute atomic E-state index is 12.3. The number of carbonyl (C=O) groups is 2. The molecule has 0 saturated heterocycles. The van der Waals surface area contributed by atoms with E-state index in [1.165, 1.54) is 12.1 Å². The van der Waals surface area contributed by atoms with Gasteiger partial charge in [0.25, 0.3) is 5.69 Å². The fraction of sp³-hybridized carbons (Fsp3) is 0.118. The van der Waals surface area contributed by atoms with Crippen molar-refractivity contribution in [3.8, 4) is 0 Å². The highest BCUT2D eigenvalue weighted by atomic mass is 16.6. The number of carbonyl (C=O) groups excluding carboxylic acids is 2. The van der Waals surface area contributed by atoms with Gasteiger partial charge in [-0.15, -0.1) is 0 Å². The van der Waals surface area contributed by atoms with Crippen molar-refractivity contribution >= 4 is 28.6 Å². The molecule has 2 amide bonds. The highest BCUT2D eigenvalue weighted by Gasteiger charge is 2.22. The van der Waals surface area contributed by atoms with E-state index in [-0.39, 0.29) is 16.8 Å². The lowest BCUT2D eigenvalue weighted by Gasteiger charge is -2.15. The summed E-state index contributed by atoms with van der Waals surface area (Å²) in [5.74, 6) is -2.25. The molecule has 0 aliphatic heterocycles. The van der Waals surface area contributed by atoms with Crippen LogP contribution < -0.4 is 16.8 Å². The summed E-state index contributed by atoms with van der Waals surface area (Å²) in [5, 5.41) is 13.3. The van der Waals surface area contributed by atoms with Crippen LogP contribution in [0, 0.1) is 10.1 Å². The van der Waals surface area contributed by atoms with E-state index in [4.69, 9.17) is 10.2 Å². The van der Waals surface area contributed by atoms with Crippen LogP contribution in [-0.2, 0) is 16.1 Å². The van der Waals surface area contributed by atoms with Gasteiger partial charge in [0.2, 0.25) is 11.8 Å². The van der Waals surface area contributed by atoms with Crippen molar-refractivity contribution in [3.63, 3.8) is 0 Å². The molecule has 0 aliphatic carbocycles. The highest BCUT2D eigenvalue weighted by Crippen LogP contribution is 2.20. The third-order valence-corrected chi connectivity index (χ3v) is 3.89. The molecule has 0 bridgehead atoms. The lowest BCUT2D eigenvalue weighted by atomic mass is 10.1. The molecule has 0 saturated carbocycles. The van der Waals surface area contributed by atoms with Gasteiger partial charge in [0.05, 0.1) is 16.5 Å². The number of rotatable bonds is 6. The number of hydrogen-bond acceptors (Lipinski definition) is 6. The number of amides is 2. The molecule has 10 nitrogen and oxygen atoms in total. The third-order valence-electron chi connectivity index (χ3n) is 3.89. The van der Waals surface area contributed by atoms with Crippen LogP contribution in [0.15, 0.2) is 57.7 Å². The quantitative estimate of drug-likeness (QED) is 0.485. The molecule has 10 heteroatoms. The fourth-order valence-electron chi connectivity index (χ4n) is 2.63. The van der Waals surface area contributed by atoms with Gasteiger partial charge in [-0.3, -0.25) is 24.3 Å². The minimum absolute atomic E-state index is 0.0171. The molecule has 3 rings (SSSR count). The summed E-state index contributed by atoms with van der Waals surface area (Å²) in [7, 11) is 0. The largest absolute Gasteiger partial charge is 0.420 e. The zero-order valence-corrected chi connectivity index (χ0v) is 13.8. The number of oxazole rings is 1. The van der Waals surface area contributed by atoms with Crippen LogP contribution in [0.1, 0.15) is 11.6 Å². The van der Waals surface area contributed by atoms with E-state index < -0.39 is 35.1 Å². The van der Waals surface area contributed by atoms with E-state index in [1.54, 1.807) is 30.3 Å². The molecule has 27 heavy (non-hydrogen) atoms. The van der Waals surface area contributed by atoms with Crippen molar-refractivity contribution in [1.29, 1.82) is 0 Å². The molecule has 0 aliphatic rings. The maximum atomic E-state index is 12.3. The first-order chi connectivity index (χ1) is 12.9. The number of aromatic nitrogens is 1. The summed E-state index contributed by atoms with van der Waals surface area (Å²) >= 11 is 0. The Balaban J connectivity index is 1.85. The molecular formula is C17H14N4O6. The Kier molecular flexibility index (Phi) is 4.71. The number of nitrogens with one attached hydrogen (secondary N) is 1. The minimum atomic E-state index is -1.06. The summed E-state index contributed by atoms with van der Waals surface area (Å²) in [6.45, 7) is -0.444. The first-order valence-corrected chi connectivity index (χ1v) is 7.78. The summed E-state index contributed by atoms with van der Waals surface area (Å²) in [5.41, 5.74) is 5.81.